The number of benzene rings is 2. The highest BCUT2D eigenvalue weighted by molar-refractivity contribution is 5.95. The monoisotopic (exact) mass is 437 g/mol. The van der Waals surface area contributed by atoms with Crippen molar-refractivity contribution in [1.82, 2.24) is 9.80 Å². The van der Waals surface area contributed by atoms with Gasteiger partial charge in [0.2, 0.25) is 0 Å². The number of anilines is 1. The minimum atomic E-state index is -0.849. The molecule has 8 heteroatoms. The third-order valence-electron chi connectivity index (χ3n) is 6.68. The third kappa shape index (κ3) is 4.87. The molecular weight excluding hydrogens is 406 g/mol. The number of aromatic hydroxyl groups is 1. The van der Waals surface area contributed by atoms with Crippen LogP contribution in [0.2, 0.25) is 0 Å². The fraction of sp³-hybridized carbons (Fsp3) is 0.417. The molecule has 0 amide bonds. The second kappa shape index (κ2) is 9.58. The molecule has 5 N–H and O–H groups in total. The number of carboxylic acids is 1. The summed E-state index contributed by atoms with van der Waals surface area (Å²) in [6, 6.07) is 14.1. The number of piperazine rings is 1. The van der Waals surface area contributed by atoms with Crippen LogP contribution in [0.15, 0.2) is 48.5 Å². The number of nitrogen functional groups attached to an aromatic ring is 1. The second-order valence-corrected chi connectivity index (χ2v) is 8.58. The van der Waals surface area contributed by atoms with E-state index in [0.717, 1.165) is 63.4 Å². The Kier molecular flexibility index (Phi) is 6.62. The average Bonchev–Trinajstić information content (AvgIpc) is 2.81. The third-order valence-corrected chi connectivity index (χ3v) is 6.68. The standard InChI is InChI=1S/C24H31N5O3/c25-23(26)18-1-5-19(6-2-18)27-13-15-28(16-14-27)20-9-11-29(12-10-20)22(24(31)32)17-3-7-21(30)8-4-17/h1-8,20,22,30H,9-16H2,(H3,25,26)(H,31,32). The summed E-state index contributed by atoms with van der Waals surface area (Å²) in [5, 5.41) is 26.8. The molecule has 2 heterocycles. The van der Waals surface area contributed by atoms with Gasteiger partial charge in [-0.1, -0.05) is 12.1 Å². The molecule has 170 valence electrons. The lowest BCUT2D eigenvalue weighted by Crippen LogP contribution is -2.54. The van der Waals surface area contributed by atoms with E-state index in [0.29, 0.717) is 11.6 Å². The molecule has 0 bridgehead atoms. The van der Waals surface area contributed by atoms with Crippen molar-refractivity contribution in [3.05, 3.63) is 59.7 Å². The van der Waals surface area contributed by atoms with Crippen molar-refractivity contribution in [2.75, 3.05) is 44.2 Å². The van der Waals surface area contributed by atoms with Crippen LogP contribution in [-0.2, 0) is 4.79 Å². The molecule has 1 unspecified atom stereocenters. The fourth-order valence-electron chi connectivity index (χ4n) is 4.87. The van der Waals surface area contributed by atoms with Crippen LogP contribution in [0, 0.1) is 5.41 Å². The first-order valence-electron chi connectivity index (χ1n) is 11.1. The molecule has 32 heavy (non-hydrogen) atoms. The summed E-state index contributed by atoms with van der Waals surface area (Å²) in [5.74, 6) is -0.618. The first-order valence-corrected chi connectivity index (χ1v) is 11.1. The molecule has 0 aliphatic carbocycles. The smallest absolute Gasteiger partial charge is 0.325 e. The Bertz CT molecular complexity index is 931. The number of likely N-dealkylation sites (tertiary alicyclic amines) is 1. The van der Waals surface area contributed by atoms with E-state index in [4.69, 9.17) is 11.1 Å². The minimum Gasteiger partial charge on any atom is -0.508 e. The first-order chi connectivity index (χ1) is 15.4. The normalized spacial score (nSPS) is 19.6. The predicted molar refractivity (Wildman–Crippen MR) is 124 cm³/mol. The average molecular weight is 438 g/mol. The van der Waals surface area contributed by atoms with Crippen molar-refractivity contribution in [1.29, 1.82) is 5.41 Å². The zero-order valence-electron chi connectivity index (χ0n) is 18.2. The maximum atomic E-state index is 12.0. The van der Waals surface area contributed by atoms with E-state index in [1.54, 1.807) is 24.3 Å². The van der Waals surface area contributed by atoms with Crippen molar-refractivity contribution < 1.29 is 15.0 Å². The molecule has 0 saturated carbocycles. The van der Waals surface area contributed by atoms with E-state index in [1.807, 2.05) is 29.2 Å². The topological polar surface area (TPSA) is 117 Å². The number of carboxylic acid groups (broad SMARTS) is 1. The van der Waals surface area contributed by atoms with Gasteiger partial charge in [-0.2, -0.15) is 0 Å². The number of nitrogens with zero attached hydrogens (tertiary/aromatic N) is 3. The van der Waals surface area contributed by atoms with E-state index in [-0.39, 0.29) is 11.6 Å². The zero-order chi connectivity index (χ0) is 22.7. The van der Waals surface area contributed by atoms with Crippen molar-refractivity contribution in [3.8, 4) is 5.75 Å². The van der Waals surface area contributed by atoms with Gasteiger partial charge >= 0.3 is 5.97 Å². The van der Waals surface area contributed by atoms with Gasteiger partial charge in [0.05, 0.1) is 0 Å². The van der Waals surface area contributed by atoms with Gasteiger partial charge in [-0.25, -0.2) is 0 Å². The Balaban J connectivity index is 1.30. The van der Waals surface area contributed by atoms with Gasteiger partial charge in [-0.15, -0.1) is 0 Å². The number of aliphatic carboxylic acids is 1. The van der Waals surface area contributed by atoms with Crippen molar-refractivity contribution in [2.24, 2.45) is 5.73 Å². The van der Waals surface area contributed by atoms with Crippen LogP contribution in [0.25, 0.3) is 0 Å². The molecule has 4 rings (SSSR count). The van der Waals surface area contributed by atoms with E-state index >= 15 is 0 Å². The Morgan fingerprint density at radius 3 is 2.06 bits per heavy atom. The maximum absolute atomic E-state index is 12.0. The van der Waals surface area contributed by atoms with Crippen molar-refractivity contribution in [3.63, 3.8) is 0 Å². The number of nitrogens with one attached hydrogen (secondary N) is 1. The van der Waals surface area contributed by atoms with E-state index in [1.165, 1.54) is 0 Å². The van der Waals surface area contributed by atoms with E-state index < -0.39 is 12.0 Å². The molecule has 2 saturated heterocycles. The number of amidine groups is 1. The summed E-state index contributed by atoms with van der Waals surface area (Å²) in [4.78, 5) is 18.9. The zero-order valence-corrected chi connectivity index (χ0v) is 18.2. The van der Waals surface area contributed by atoms with E-state index in [2.05, 4.69) is 9.80 Å². The van der Waals surface area contributed by atoms with Crippen molar-refractivity contribution in [2.45, 2.75) is 24.9 Å². The quantitative estimate of drug-likeness (QED) is 0.404. The van der Waals surface area contributed by atoms with Crippen LogP contribution < -0.4 is 10.6 Å². The lowest BCUT2D eigenvalue weighted by atomic mass is 9.97. The summed E-state index contributed by atoms with van der Waals surface area (Å²) >= 11 is 0. The Labute approximate surface area is 188 Å². The van der Waals surface area contributed by atoms with Gasteiger partial charge in [0.15, 0.2) is 0 Å². The molecular formula is C24H31N5O3. The van der Waals surface area contributed by atoms with Crippen LogP contribution in [0.3, 0.4) is 0 Å². The van der Waals surface area contributed by atoms with Gasteiger partial charge in [0.1, 0.15) is 17.6 Å². The van der Waals surface area contributed by atoms with Crippen molar-refractivity contribution >= 4 is 17.5 Å². The molecule has 1 atom stereocenters. The summed E-state index contributed by atoms with van der Waals surface area (Å²) in [6.07, 6.45) is 1.91. The number of rotatable bonds is 6. The SMILES string of the molecule is N=C(N)c1ccc(N2CCN(C3CCN(C(C(=O)O)c4ccc(O)cc4)CC3)CC2)cc1. The molecule has 0 aromatic heterocycles. The molecule has 2 aliphatic heterocycles. The highest BCUT2D eigenvalue weighted by Crippen LogP contribution is 2.28. The van der Waals surface area contributed by atoms with Gasteiger partial charge in [-0.05, 0) is 54.8 Å². The summed E-state index contributed by atoms with van der Waals surface area (Å²) in [5.41, 5.74) is 8.15. The number of nitrogens with two attached hydrogens (primary N) is 1. The summed E-state index contributed by atoms with van der Waals surface area (Å²) in [6.45, 7) is 5.36. The van der Waals surface area contributed by atoms with E-state index in [9.17, 15) is 15.0 Å². The Morgan fingerprint density at radius 2 is 1.53 bits per heavy atom. The maximum Gasteiger partial charge on any atom is 0.325 e. The molecule has 0 spiro atoms. The molecule has 2 aromatic carbocycles. The number of hydrogen-bond donors (Lipinski definition) is 4. The van der Waals surface area contributed by atoms with Crippen LogP contribution in [0.5, 0.6) is 5.75 Å². The van der Waals surface area contributed by atoms with Gasteiger partial charge < -0.3 is 20.8 Å². The Morgan fingerprint density at radius 1 is 0.938 bits per heavy atom. The fourth-order valence-corrected chi connectivity index (χ4v) is 4.87. The van der Waals surface area contributed by atoms with Crippen LogP contribution in [-0.4, -0.2) is 77.1 Å². The minimum absolute atomic E-state index is 0.0864. The lowest BCUT2D eigenvalue weighted by molar-refractivity contribution is -0.144. The second-order valence-electron chi connectivity index (χ2n) is 8.58. The molecule has 2 fully saturated rings. The first kappa shape index (κ1) is 22.1. The molecule has 0 radical (unpaired) electrons. The number of hydrogen-bond acceptors (Lipinski definition) is 6. The van der Waals surface area contributed by atoms with Crippen LogP contribution in [0.4, 0.5) is 5.69 Å². The van der Waals surface area contributed by atoms with Gasteiger partial charge in [0, 0.05) is 56.6 Å². The summed E-state index contributed by atoms with van der Waals surface area (Å²) < 4.78 is 0. The number of piperidine rings is 1. The molecule has 2 aromatic rings. The lowest BCUT2D eigenvalue weighted by Gasteiger charge is -2.44. The Hall–Kier alpha value is -3.10. The number of phenolic OH excluding ortho intramolecular Hbond substituents is 1. The number of carbonyl (C=O) groups is 1. The molecule has 2 aliphatic rings. The van der Waals surface area contributed by atoms with Gasteiger partial charge in [-0.3, -0.25) is 20.0 Å². The highest BCUT2D eigenvalue weighted by atomic mass is 16.4. The van der Waals surface area contributed by atoms with Gasteiger partial charge in [0.25, 0.3) is 0 Å². The molecule has 8 nitrogen and oxygen atoms in total. The largest absolute Gasteiger partial charge is 0.508 e. The van der Waals surface area contributed by atoms with Crippen LogP contribution in [0.1, 0.15) is 30.0 Å². The highest BCUT2D eigenvalue weighted by Gasteiger charge is 2.33. The number of phenols is 1. The summed E-state index contributed by atoms with van der Waals surface area (Å²) in [7, 11) is 0. The van der Waals surface area contributed by atoms with Crippen LogP contribution >= 0.6 is 0 Å². The predicted octanol–water partition coefficient (Wildman–Crippen LogP) is 2.09.